The zero-order valence-electron chi connectivity index (χ0n) is 22.7. The fourth-order valence-corrected chi connectivity index (χ4v) is 4.55. The van der Waals surface area contributed by atoms with E-state index in [1.807, 2.05) is 0 Å². The van der Waals surface area contributed by atoms with E-state index in [4.69, 9.17) is 14.2 Å². The Bertz CT molecular complexity index is 1870. The Kier molecular flexibility index (Phi) is 7.47. The molecule has 10 heteroatoms. The van der Waals surface area contributed by atoms with Crippen LogP contribution >= 0.6 is 0 Å². The summed E-state index contributed by atoms with van der Waals surface area (Å²) in [4.78, 5) is 35.1. The molecule has 0 unspecified atom stereocenters. The van der Waals surface area contributed by atoms with Crippen molar-refractivity contribution in [3.05, 3.63) is 106 Å². The third-order valence-electron chi connectivity index (χ3n) is 6.54. The molecule has 3 heterocycles. The number of methoxy groups -OCH3 is 2. The van der Waals surface area contributed by atoms with Gasteiger partial charge in [-0.25, -0.2) is 13.8 Å². The van der Waals surface area contributed by atoms with Gasteiger partial charge >= 0.3 is 0 Å². The van der Waals surface area contributed by atoms with Gasteiger partial charge in [-0.2, -0.15) is 0 Å². The van der Waals surface area contributed by atoms with E-state index in [1.54, 1.807) is 42.9 Å². The van der Waals surface area contributed by atoms with Gasteiger partial charge in [-0.05, 0) is 47.9 Å². The minimum Gasteiger partial charge on any atom is -0.491 e. The van der Waals surface area contributed by atoms with Crippen LogP contribution in [0.25, 0.3) is 22.2 Å². The molecule has 0 atom stereocenters. The van der Waals surface area contributed by atoms with Gasteiger partial charge in [0.15, 0.2) is 34.3 Å². The van der Waals surface area contributed by atoms with Crippen molar-refractivity contribution in [2.45, 2.75) is 13.3 Å². The van der Waals surface area contributed by atoms with Crippen molar-refractivity contribution >= 4 is 16.8 Å². The highest BCUT2D eigenvalue weighted by molar-refractivity contribution is 5.98. The lowest BCUT2D eigenvalue weighted by Crippen LogP contribution is -2.21. The monoisotopic (exact) mass is 557 g/mol. The molecule has 3 aromatic heterocycles. The van der Waals surface area contributed by atoms with Crippen LogP contribution in [0.15, 0.2) is 71.9 Å². The number of benzene rings is 2. The Morgan fingerprint density at radius 2 is 1.73 bits per heavy atom. The molecular weight excluding hydrogens is 532 g/mol. The van der Waals surface area contributed by atoms with Crippen LogP contribution < -0.4 is 19.6 Å². The van der Waals surface area contributed by atoms with E-state index in [1.165, 1.54) is 56.9 Å². The first-order valence-corrected chi connectivity index (χ1v) is 12.5. The molecule has 0 saturated heterocycles. The van der Waals surface area contributed by atoms with E-state index in [-0.39, 0.29) is 34.9 Å². The van der Waals surface area contributed by atoms with Crippen molar-refractivity contribution in [2.75, 3.05) is 14.2 Å². The summed E-state index contributed by atoms with van der Waals surface area (Å²) in [5.74, 6) is -0.840. The summed E-state index contributed by atoms with van der Waals surface area (Å²) in [6.45, 7) is 1.69. The molecule has 0 amide bonds. The molecule has 0 radical (unpaired) electrons. The molecule has 41 heavy (non-hydrogen) atoms. The highest BCUT2D eigenvalue weighted by atomic mass is 19.1. The Morgan fingerprint density at radius 3 is 2.44 bits per heavy atom. The number of Topliss-reactive ketones (excluding diaryl/α,β-unsaturated/α-hetero) is 1. The lowest BCUT2D eigenvalue weighted by atomic mass is 9.97. The van der Waals surface area contributed by atoms with Gasteiger partial charge in [0.2, 0.25) is 0 Å². The molecule has 8 nitrogen and oxygen atoms in total. The van der Waals surface area contributed by atoms with Gasteiger partial charge in [-0.1, -0.05) is 12.1 Å². The molecule has 2 aromatic carbocycles. The summed E-state index contributed by atoms with van der Waals surface area (Å²) in [5.41, 5.74) is 2.01. The van der Waals surface area contributed by atoms with Crippen molar-refractivity contribution in [3.8, 4) is 34.3 Å². The van der Waals surface area contributed by atoms with Crippen LogP contribution in [0.4, 0.5) is 8.78 Å². The van der Waals surface area contributed by atoms with E-state index in [9.17, 15) is 14.0 Å². The number of fused-ring (bicyclic) bond motifs is 1. The second kappa shape index (κ2) is 11.2. The quantitative estimate of drug-likeness (QED) is 0.222. The van der Waals surface area contributed by atoms with Gasteiger partial charge in [0, 0.05) is 49.8 Å². The van der Waals surface area contributed by atoms with Crippen LogP contribution in [0, 0.1) is 18.6 Å². The van der Waals surface area contributed by atoms with E-state index in [0.717, 1.165) is 0 Å². The third-order valence-corrected chi connectivity index (χ3v) is 6.54. The Balaban J connectivity index is 1.41. The molecular formula is C31H25F2N3O5. The second-order valence-electron chi connectivity index (χ2n) is 9.38. The number of ether oxygens (including phenoxy) is 3. The summed E-state index contributed by atoms with van der Waals surface area (Å²) in [5, 5.41) is 0. The predicted molar refractivity (Wildman–Crippen MR) is 149 cm³/mol. The number of aromatic nitrogens is 3. The van der Waals surface area contributed by atoms with Crippen LogP contribution in [0.1, 0.15) is 21.5 Å². The summed E-state index contributed by atoms with van der Waals surface area (Å²) in [6.07, 6.45) is 4.31. The largest absolute Gasteiger partial charge is 0.491 e. The predicted octanol–water partition coefficient (Wildman–Crippen LogP) is 5.82. The second-order valence-corrected chi connectivity index (χ2v) is 9.38. The maximum absolute atomic E-state index is 15.1. The van der Waals surface area contributed by atoms with Gasteiger partial charge in [0.05, 0.1) is 25.3 Å². The van der Waals surface area contributed by atoms with Gasteiger partial charge in [0.25, 0.3) is 5.88 Å². The highest BCUT2D eigenvalue weighted by Crippen LogP contribution is 2.34. The zero-order chi connectivity index (χ0) is 29.3. The van der Waals surface area contributed by atoms with Crippen molar-refractivity contribution < 1.29 is 27.8 Å². The van der Waals surface area contributed by atoms with Crippen molar-refractivity contribution in [1.82, 2.24) is 14.5 Å². The molecule has 0 N–H and O–H groups in total. The van der Waals surface area contributed by atoms with E-state index >= 15 is 4.39 Å². The maximum Gasteiger partial charge on any atom is 0.257 e. The Hall–Kier alpha value is -5.12. The number of nitrogens with zero attached hydrogens (tertiary/aromatic N) is 3. The standard InChI is InChI=1S/C31H25F2N3O5/c1-17-11-19(32)6-7-20(17)21-15-36(2)16-22(30(21)38)25(37)13-18-5-8-26(23(33)12-18)41-27-9-10-34-24-14-28(39-3)31(40-4)35-29(24)27/h5-12,14-16H,13H2,1-4H3. The van der Waals surface area contributed by atoms with E-state index in [2.05, 4.69) is 9.97 Å². The maximum atomic E-state index is 15.1. The van der Waals surface area contributed by atoms with Crippen LogP contribution in [-0.2, 0) is 13.5 Å². The summed E-state index contributed by atoms with van der Waals surface area (Å²) in [6, 6.07) is 11.4. The number of rotatable bonds is 8. The lowest BCUT2D eigenvalue weighted by molar-refractivity contribution is 0.0991. The number of pyridine rings is 3. The smallest absolute Gasteiger partial charge is 0.257 e. The number of carbonyl (C=O) groups excluding carboxylic acids is 1. The third kappa shape index (κ3) is 5.49. The van der Waals surface area contributed by atoms with Crippen LogP contribution in [0.5, 0.6) is 23.1 Å². The highest BCUT2D eigenvalue weighted by Gasteiger charge is 2.19. The number of aryl methyl sites for hydroxylation is 2. The molecule has 0 saturated carbocycles. The molecule has 0 aliphatic rings. The van der Waals surface area contributed by atoms with Crippen molar-refractivity contribution in [3.63, 3.8) is 0 Å². The molecule has 0 spiro atoms. The minimum absolute atomic E-state index is 0.0480. The van der Waals surface area contributed by atoms with Crippen LogP contribution in [0.2, 0.25) is 0 Å². The first kappa shape index (κ1) is 27.4. The van der Waals surface area contributed by atoms with E-state index < -0.39 is 22.8 Å². The molecule has 0 bridgehead atoms. The number of ketones is 1. The van der Waals surface area contributed by atoms with Gasteiger partial charge in [-0.15, -0.1) is 0 Å². The van der Waals surface area contributed by atoms with Crippen molar-refractivity contribution in [2.24, 2.45) is 7.05 Å². The Labute approximate surface area is 233 Å². The Morgan fingerprint density at radius 1 is 0.927 bits per heavy atom. The summed E-state index contributed by atoms with van der Waals surface area (Å²) < 4.78 is 46.7. The molecule has 0 fully saturated rings. The number of hydrogen-bond donors (Lipinski definition) is 0. The van der Waals surface area contributed by atoms with Crippen LogP contribution in [-0.4, -0.2) is 34.5 Å². The average Bonchev–Trinajstić information content (AvgIpc) is 2.95. The first-order valence-electron chi connectivity index (χ1n) is 12.5. The SMILES string of the molecule is COc1cc2nccc(Oc3ccc(CC(=O)c4cn(C)cc(-c5ccc(F)cc5C)c4=O)cc3F)c2nc1OC. The van der Waals surface area contributed by atoms with Gasteiger partial charge < -0.3 is 18.8 Å². The zero-order valence-corrected chi connectivity index (χ0v) is 22.7. The molecule has 208 valence electrons. The fourth-order valence-electron chi connectivity index (χ4n) is 4.55. The van der Waals surface area contributed by atoms with Crippen LogP contribution in [0.3, 0.4) is 0 Å². The lowest BCUT2D eigenvalue weighted by Gasteiger charge is -2.12. The normalized spacial score (nSPS) is 11.0. The number of carbonyl (C=O) groups is 1. The molecule has 5 aromatic rings. The number of hydrogen-bond acceptors (Lipinski definition) is 7. The summed E-state index contributed by atoms with van der Waals surface area (Å²) >= 11 is 0. The van der Waals surface area contributed by atoms with Gasteiger partial charge in [0.1, 0.15) is 11.3 Å². The fraction of sp³-hybridized carbons (Fsp3) is 0.161. The minimum atomic E-state index is -0.704. The van der Waals surface area contributed by atoms with Gasteiger partial charge in [-0.3, -0.25) is 14.6 Å². The average molecular weight is 558 g/mol. The van der Waals surface area contributed by atoms with Crippen molar-refractivity contribution in [1.29, 1.82) is 0 Å². The molecule has 0 aliphatic carbocycles. The summed E-state index contributed by atoms with van der Waals surface area (Å²) in [7, 11) is 4.62. The first-order chi connectivity index (χ1) is 19.7. The number of halogens is 2. The van der Waals surface area contributed by atoms with E-state index in [0.29, 0.717) is 33.5 Å². The molecule has 0 aliphatic heterocycles. The molecule has 5 rings (SSSR count). The topological polar surface area (TPSA) is 92.5 Å².